The molecule has 6 nitrogen and oxygen atoms in total. The maximum atomic E-state index is 13.0. The fraction of sp³-hybridized carbons (Fsp3) is 0.0909. The standard InChI is InChI=1S/C22H17ClN4O2S2/c1-14-21(31(28,29)26-18-8-3-5-15(9-18)12-24)11-20(27(14)2)22-25-19(13-30-22)16-6-4-7-17(23)10-16/h3-11,13,26H,1-2H3. The lowest BCUT2D eigenvalue weighted by atomic mass is 10.2. The highest BCUT2D eigenvalue weighted by Crippen LogP contribution is 2.33. The number of hydrogen-bond donors (Lipinski definition) is 1. The van der Waals surface area contributed by atoms with Crippen molar-refractivity contribution < 1.29 is 8.42 Å². The van der Waals surface area contributed by atoms with Crippen LogP contribution < -0.4 is 4.72 Å². The van der Waals surface area contributed by atoms with E-state index in [0.29, 0.717) is 32.7 Å². The first-order valence-corrected chi connectivity index (χ1v) is 11.9. The number of anilines is 1. The van der Waals surface area contributed by atoms with Crippen LogP contribution in [0, 0.1) is 18.3 Å². The van der Waals surface area contributed by atoms with Crippen LogP contribution in [0.4, 0.5) is 5.69 Å². The zero-order valence-corrected chi connectivity index (χ0v) is 19.0. The number of halogens is 1. The minimum absolute atomic E-state index is 0.159. The van der Waals surface area contributed by atoms with Crippen molar-refractivity contribution >= 4 is 38.6 Å². The van der Waals surface area contributed by atoms with Gasteiger partial charge in [0.1, 0.15) is 9.90 Å². The Hall–Kier alpha value is -3.12. The molecule has 2 aromatic carbocycles. The second kappa shape index (κ2) is 8.19. The number of thiazole rings is 1. The zero-order chi connectivity index (χ0) is 22.2. The van der Waals surface area contributed by atoms with E-state index in [1.807, 2.05) is 29.6 Å². The average molecular weight is 469 g/mol. The van der Waals surface area contributed by atoms with Crippen molar-refractivity contribution in [1.29, 1.82) is 5.26 Å². The number of nitrogens with one attached hydrogen (secondary N) is 1. The second-order valence-electron chi connectivity index (χ2n) is 6.88. The van der Waals surface area contributed by atoms with Gasteiger partial charge in [-0.25, -0.2) is 13.4 Å². The van der Waals surface area contributed by atoms with Crippen molar-refractivity contribution in [2.75, 3.05) is 4.72 Å². The lowest BCUT2D eigenvalue weighted by molar-refractivity contribution is 0.600. The molecule has 0 unspecified atom stereocenters. The molecule has 0 aliphatic carbocycles. The predicted molar refractivity (Wildman–Crippen MR) is 124 cm³/mol. The third kappa shape index (κ3) is 4.21. The number of aromatic nitrogens is 2. The van der Waals surface area contributed by atoms with E-state index in [0.717, 1.165) is 11.3 Å². The Morgan fingerprint density at radius 3 is 2.68 bits per heavy atom. The van der Waals surface area contributed by atoms with E-state index in [9.17, 15) is 8.42 Å². The topological polar surface area (TPSA) is 87.8 Å². The van der Waals surface area contributed by atoms with Gasteiger partial charge in [0.15, 0.2) is 0 Å². The summed E-state index contributed by atoms with van der Waals surface area (Å²) < 4.78 is 30.5. The molecule has 0 amide bonds. The molecule has 0 atom stereocenters. The number of sulfonamides is 1. The monoisotopic (exact) mass is 468 g/mol. The normalized spacial score (nSPS) is 11.3. The molecule has 0 aliphatic heterocycles. The summed E-state index contributed by atoms with van der Waals surface area (Å²) in [5, 5.41) is 12.3. The van der Waals surface area contributed by atoms with Gasteiger partial charge in [-0.3, -0.25) is 4.72 Å². The van der Waals surface area contributed by atoms with Gasteiger partial charge in [0, 0.05) is 28.7 Å². The van der Waals surface area contributed by atoms with Gasteiger partial charge in [-0.2, -0.15) is 5.26 Å². The third-order valence-corrected chi connectivity index (χ3v) is 7.46. The van der Waals surface area contributed by atoms with Crippen molar-refractivity contribution in [1.82, 2.24) is 9.55 Å². The number of hydrogen-bond acceptors (Lipinski definition) is 5. The Morgan fingerprint density at radius 2 is 1.94 bits per heavy atom. The van der Waals surface area contributed by atoms with E-state index in [2.05, 4.69) is 9.71 Å². The van der Waals surface area contributed by atoms with Crippen molar-refractivity contribution in [3.05, 3.63) is 76.3 Å². The summed E-state index contributed by atoms with van der Waals surface area (Å²) in [4.78, 5) is 4.84. The SMILES string of the molecule is Cc1c(S(=O)(=O)Nc2cccc(C#N)c2)cc(-c2nc(-c3cccc(Cl)c3)cs2)n1C. The average Bonchev–Trinajstić information content (AvgIpc) is 3.34. The van der Waals surface area contributed by atoms with Crippen LogP contribution in [0.2, 0.25) is 5.02 Å². The molecule has 0 saturated carbocycles. The van der Waals surface area contributed by atoms with E-state index in [1.165, 1.54) is 17.4 Å². The van der Waals surface area contributed by atoms with Crippen LogP contribution in [0.15, 0.2) is 64.9 Å². The molecule has 4 rings (SSSR count). The van der Waals surface area contributed by atoms with Crippen LogP contribution in [0.5, 0.6) is 0 Å². The van der Waals surface area contributed by atoms with Gasteiger partial charge >= 0.3 is 0 Å². The first-order chi connectivity index (χ1) is 14.8. The van der Waals surface area contributed by atoms with E-state index in [4.69, 9.17) is 16.9 Å². The van der Waals surface area contributed by atoms with Crippen LogP contribution in [-0.2, 0) is 17.1 Å². The van der Waals surface area contributed by atoms with Crippen LogP contribution in [0.1, 0.15) is 11.3 Å². The van der Waals surface area contributed by atoms with Crippen molar-refractivity contribution in [2.45, 2.75) is 11.8 Å². The van der Waals surface area contributed by atoms with Gasteiger partial charge in [-0.05, 0) is 43.3 Å². The first kappa shape index (κ1) is 21.1. The van der Waals surface area contributed by atoms with Crippen molar-refractivity contribution in [3.8, 4) is 28.0 Å². The summed E-state index contributed by atoms with van der Waals surface area (Å²) in [6, 6.07) is 17.4. The van der Waals surface area contributed by atoms with Crippen LogP contribution in [0.3, 0.4) is 0 Å². The van der Waals surface area contributed by atoms with Crippen molar-refractivity contribution in [2.24, 2.45) is 7.05 Å². The molecule has 0 bridgehead atoms. The summed E-state index contributed by atoms with van der Waals surface area (Å²) >= 11 is 7.52. The van der Waals surface area contributed by atoms with Gasteiger partial charge in [-0.1, -0.05) is 29.8 Å². The lowest BCUT2D eigenvalue weighted by Gasteiger charge is -2.08. The number of nitriles is 1. The van der Waals surface area contributed by atoms with Gasteiger partial charge < -0.3 is 4.57 Å². The molecule has 0 radical (unpaired) electrons. The quantitative estimate of drug-likeness (QED) is 0.421. The molecular formula is C22H17ClN4O2S2. The lowest BCUT2D eigenvalue weighted by Crippen LogP contribution is -2.13. The van der Waals surface area contributed by atoms with Gasteiger partial charge in [-0.15, -0.1) is 11.3 Å². The Morgan fingerprint density at radius 1 is 1.16 bits per heavy atom. The van der Waals surface area contributed by atoms with E-state index >= 15 is 0 Å². The van der Waals surface area contributed by atoms with Crippen molar-refractivity contribution in [3.63, 3.8) is 0 Å². The zero-order valence-electron chi connectivity index (χ0n) is 16.6. The maximum absolute atomic E-state index is 13.0. The number of benzene rings is 2. The van der Waals surface area contributed by atoms with Gasteiger partial charge in [0.05, 0.1) is 28.7 Å². The van der Waals surface area contributed by atoms with Crippen LogP contribution in [-0.4, -0.2) is 18.0 Å². The Kier molecular flexibility index (Phi) is 5.58. The first-order valence-electron chi connectivity index (χ1n) is 9.19. The molecule has 4 aromatic rings. The summed E-state index contributed by atoms with van der Waals surface area (Å²) in [6.45, 7) is 1.75. The molecule has 0 spiro atoms. The molecule has 156 valence electrons. The Balaban J connectivity index is 1.69. The molecule has 2 heterocycles. The Labute approximate surface area is 189 Å². The van der Waals surface area contributed by atoms with Gasteiger partial charge in [0.2, 0.25) is 0 Å². The van der Waals surface area contributed by atoms with Crippen LogP contribution >= 0.6 is 22.9 Å². The third-order valence-electron chi connectivity index (χ3n) is 4.87. The number of rotatable bonds is 5. The molecule has 2 aromatic heterocycles. The molecular weight excluding hydrogens is 452 g/mol. The molecule has 1 N–H and O–H groups in total. The minimum Gasteiger partial charge on any atom is -0.345 e. The molecule has 0 fully saturated rings. The van der Waals surface area contributed by atoms with Crippen LogP contribution in [0.25, 0.3) is 22.0 Å². The summed E-state index contributed by atoms with van der Waals surface area (Å²) in [6.07, 6.45) is 0. The summed E-state index contributed by atoms with van der Waals surface area (Å²) in [5.41, 5.74) is 3.66. The largest absolute Gasteiger partial charge is 0.345 e. The highest BCUT2D eigenvalue weighted by Gasteiger charge is 2.24. The highest BCUT2D eigenvalue weighted by atomic mass is 35.5. The molecule has 0 saturated heterocycles. The maximum Gasteiger partial charge on any atom is 0.263 e. The van der Waals surface area contributed by atoms with Gasteiger partial charge in [0.25, 0.3) is 10.0 Å². The summed E-state index contributed by atoms with van der Waals surface area (Å²) in [7, 11) is -2.04. The number of nitrogens with zero attached hydrogens (tertiary/aromatic N) is 3. The second-order valence-corrected chi connectivity index (χ2v) is 9.83. The molecule has 9 heteroatoms. The molecule has 0 aliphatic rings. The predicted octanol–water partition coefficient (Wildman–Crippen LogP) is 5.45. The van der Waals surface area contributed by atoms with E-state index in [-0.39, 0.29) is 4.90 Å². The minimum atomic E-state index is -3.85. The highest BCUT2D eigenvalue weighted by molar-refractivity contribution is 7.92. The summed E-state index contributed by atoms with van der Waals surface area (Å²) in [5.74, 6) is 0. The van der Waals surface area contributed by atoms with E-state index < -0.39 is 10.0 Å². The smallest absolute Gasteiger partial charge is 0.263 e. The Bertz CT molecular complexity index is 1430. The molecule has 31 heavy (non-hydrogen) atoms. The fourth-order valence-corrected chi connectivity index (χ4v) is 5.59. The fourth-order valence-electron chi connectivity index (χ4n) is 3.18. The van der Waals surface area contributed by atoms with E-state index in [1.54, 1.807) is 48.9 Å².